The van der Waals surface area contributed by atoms with Gasteiger partial charge in [-0.25, -0.2) is 0 Å². The first kappa shape index (κ1) is 13.5. The molecule has 0 aliphatic carbocycles. The lowest BCUT2D eigenvalue weighted by molar-refractivity contribution is 0.390. The minimum Gasteiger partial charge on any atom is -0.308 e. The van der Waals surface area contributed by atoms with Crippen molar-refractivity contribution in [3.8, 4) is 0 Å². The molecule has 94 valence electrons. The van der Waals surface area contributed by atoms with E-state index in [-0.39, 0.29) is 0 Å². The van der Waals surface area contributed by atoms with Crippen molar-refractivity contribution < 1.29 is 0 Å². The Kier molecular flexibility index (Phi) is 4.61. The number of likely N-dealkylation sites (N-methyl/N-ethyl adjacent to an activating group) is 1. The van der Waals surface area contributed by atoms with Crippen molar-refractivity contribution in [2.75, 3.05) is 32.9 Å². The van der Waals surface area contributed by atoms with Crippen LogP contribution in [0.3, 0.4) is 0 Å². The zero-order valence-corrected chi connectivity index (χ0v) is 12.3. The van der Waals surface area contributed by atoms with Crippen LogP contribution in [0.5, 0.6) is 0 Å². The van der Waals surface area contributed by atoms with E-state index in [0.29, 0.717) is 16.1 Å². The van der Waals surface area contributed by atoms with E-state index >= 15 is 0 Å². The maximum atomic E-state index is 6.20. The molecule has 1 aliphatic heterocycles. The molecule has 2 nitrogen and oxygen atoms in total. The Hall–Kier alpha value is 0.0700. The van der Waals surface area contributed by atoms with Crippen molar-refractivity contribution in [2.24, 2.45) is 0 Å². The molecule has 0 saturated carbocycles. The number of rotatable bonds is 4. The monoisotopic (exact) mass is 290 g/mol. The number of thioether (sulfide) groups is 1. The lowest BCUT2D eigenvalue weighted by Gasteiger charge is -2.16. The van der Waals surface area contributed by atoms with Gasteiger partial charge in [-0.05, 0) is 25.7 Å². The van der Waals surface area contributed by atoms with Gasteiger partial charge in [0.1, 0.15) is 0 Å². The van der Waals surface area contributed by atoms with E-state index in [9.17, 15) is 0 Å². The van der Waals surface area contributed by atoms with Gasteiger partial charge < -0.3 is 10.2 Å². The quantitative estimate of drug-likeness (QED) is 0.916. The van der Waals surface area contributed by atoms with Crippen LogP contribution in [0.1, 0.15) is 11.6 Å². The van der Waals surface area contributed by atoms with Crippen LogP contribution in [0, 0.1) is 0 Å². The first-order chi connectivity index (χ1) is 8.09. The molecule has 0 amide bonds. The summed E-state index contributed by atoms with van der Waals surface area (Å²) in [4.78, 5) is 3.31. The van der Waals surface area contributed by atoms with E-state index in [1.165, 1.54) is 5.56 Å². The molecule has 5 heteroatoms. The molecule has 2 rings (SSSR count). The lowest BCUT2D eigenvalue weighted by Crippen LogP contribution is -2.29. The van der Waals surface area contributed by atoms with Crippen molar-refractivity contribution in [3.05, 3.63) is 27.7 Å². The second kappa shape index (κ2) is 5.81. The van der Waals surface area contributed by atoms with Crippen molar-refractivity contribution in [1.29, 1.82) is 0 Å². The summed E-state index contributed by atoms with van der Waals surface area (Å²) in [5, 5.41) is 4.90. The number of halogens is 2. The minimum atomic E-state index is 0.393. The normalized spacial score (nSPS) is 18.8. The van der Waals surface area contributed by atoms with Gasteiger partial charge in [-0.15, -0.1) is 11.8 Å². The molecule has 0 aromatic heterocycles. The van der Waals surface area contributed by atoms with Gasteiger partial charge in [0.2, 0.25) is 0 Å². The van der Waals surface area contributed by atoms with Crippen LogP contribution in [0.2, 0.25) is 10.0 Å². The van der Waals surface area contributed by atoms with Gasteiger partial charge in [-0.3, -0.25) is 0 Å². The average molecular weight is 291 g/mol. The molecule has 1 aliphatic rings. The van der Waals surface area contributed by atoms with Crippen LogP contribution < -0.4 is 5.32 Å². The van der Waals surface area contributed by atoms with Gasteiger partial charge in [-0.1, -0.05) is 29.3 Å². The predicted molar refractivity (Wildman–Crippen MR) is 76.5 cm³/mol. The molecule has 1 unspecified atom stereocenters. The summed E-state index contributed by atoms with van der Waals surface area (Å²) in [6, 6.07) is 4.36. The van der Waals surface area contributed by atoms with Crippen LogP contribution >= 0.6 is 35.0 Å². The van der Waals surface area contributed by atoms with Gasteiger partial charge in [-0.2, -0.15) is 0 Å². The summed E-state index contributed by atoms with van der Waals surface area (Å²) in [5.41, 5.74) is 1.28. The summed E-state index contributed by atoms with van der Waals surface area (Å²) in [7, 11) is 4.16. The van der Waals surface area contributed by atoms with Crippen LogP contribution in [-0.4, -0.2) is 37.8 Å². The number of nitrogens with one attached hydrogen (secondary N) is 1. The summed E-state index contributed by atoms with van der Waals surface area (Å²) < 4.78 is 0. The zero-order chi connectivity index (χ0) is 12.4. The highest BCUT2D eigenvalue weighted by atomic mass is 35.5. The van der Waals surface area contributed by atoms with E-state index in [2.05, 4.69) is 30.4 Å². The fraction of sp³-hybridized carbons (Fsp3) is 0.500. The second-order valence-electron chi connectivity index (χ2n) is 4.40. The fourth-order valence-corrected chi connectivity index (χ4v) is 3.65. The minimum absolute atomic E-state index is 0.393. The highest BCUT2D eigenvalue weighted by Crippen LogP contribution is 2.44. The van der Waals surface area contributed by atoms with Gasteiger partial charge in [0.25, 0.3) is 0 Å². The number of hydrogen-bond acceptors (Lipinski definition) is 3. The van der Waals surface area contributed by atoms with E-state index in [1.807, 2.05) is 6.07 Å². The zero-order valence-electron chi connectivity index (χ0n) is 9.96. The van der Waals surface area contributed by atoms with Crippen LogP contribution in [0.4, 0.5) is 0 Å². The summed E-state index contributed by atoms with van der Waals surface area (Å²) >= 11 is 14.0. The Morgan fingerprint density at radius 3 is 2.88 bits per heavy atom. The number of benzene rings is 1. The molecule has 1 aromatic rings. The van der Waals surface area contributed by atoms with E-state index < -0.39 is 0 Å². The molecule has 1 atom stereocenters. The van der Waals surface area contributed by atoms with Gasteiger partial charge in [0.05, 0.1) is 10.0 Å². The number of nitrogens with zero attached hydrogens (tertiary/aromatic N) is 1. The molecule has 17 heavy (non-hydrogen) atoms. The summed E-state index contributed by atoms with van der Waals surface area (Å²) in [5.74, 6) is 1.03. The Morgan fingerprint density at radius 1 is 1.41 bits per heavy atom. The van der Waals surface area contributed by atoms with E-state index in [1.54, 1.807) is 11.8 Å². The maximum Gasteiger partial charge on any atom is 0.0731 e. The highest BCUT2D eigenvalue weighted by Gasteiger charge is 2.25. The van der Waals surface area contributed by atoms with E-state index in [0.717, 1.165) is 23.7 Å². The van der Waals surface area contributed by atoms with E-state index in [4.69, 9.17) is 23.2 Å². The number of hydrogen-bond donors (Lipinski definition) is 1. The Balaban J connectivity index is 2.05. The molecule has 0 fully saturated rings. The van der Waals surface area contributed by atoms with Crippen LogP contribution in [0.25, 0.3) is 0 Å². The molecule has 1 aromatic carbocycles. The first-order valence-corrected chi connectivity index (χ1v) is 7.32. The summed E-state index contributed by atoms with van der Waals surface area (Å²) in [6.45, 7) is 2.02. The van der Waals surface area contributed by atoms with Gasteiger partial charge in [0.15, 0.2) is 0 Å². The molecule has 0 radical (unpaired) electrons. The Labute approximate surface area is 117 Å². The molecule has 0 saturated heterocycles. The highest BCUT2D eigenvalue weighted by molar-refractivity contribution is 7.99. The molecule has 0 bridgehead atoms. The van der Waals surface area contributed by atoms with Crippen molar-refractivity contribution in [2.45, 2.75) is 10.9 Å². The van der Waals surface area contributed by atoms with Gasteiger partial charge in [0, 0.05) is 29.8 Å². The van der Waals surface area contributed by atoms with Crippen LogP contribution in [-0.2, 0) is 0 Å². The van der Waals surface area contributed by atoms with Crippen LogP contribution in [0.15, 0.2) is 17.0 Å². The average Bonchev–Trinajstić information content (AvgIpc) is 2.67. The standard InChI is InChI=1S/C12H16Cl2N2S/c1-16(2)6-5-15-10-7-17-12-8(10)3-4-9(13)11(12)14/h3-4,10,15H,5-7H2,1-2H3. The molecule has 0 spiro atoms. The largest absolute Gasteiger partial charge is 0.308 e. The third-order valence-electron chi connectivity index (χ3n) is 2.80. The smallest absolute Gasteiger partial charge is 0.0731 e. The summed E-state index contributed by atoms with van der Waals surface area (Å²) in [6.07, 6.45) is 0. The molecular formula is C12H16Cl2N2S. The third-order valence-corrected chi connectivity index (χ3v) is 4.94. The lowest BCUT2D eigenvalue weighted by atomic mass is 10.1. The first-order valence-electron chi connectivity index (χ1n) is 5.58. The maximum absolute atomic E-state index is 6.20. The molecule has 1 heterocycles. The SMILES string of the molecule is CN(C)CCNC1CSc2c1ccc(Cl)c2Cl. The number of fused-ring (bicyclic) bond motifs is 1. The van der Waals surface area contributed by atoms with Crippen molar-refractivity contribution in [1.82, 2.24) is 10.2 Å². The second-order valence-corrected chi connectivity index (χ2v) is 6.22. The topological polar surface area (TPSA) is 15.3 Å². The predicted octanol–water partition coefficient (Wildman–Crippen LogP) is 3.29. The fourth-order valence-electron chi connectivity index (χ4n) is 1.86. The van der Waals surface area contributed by atoms with Crippen molar-refractivity contribution in [3.63, 3.8) is 0 Å². The Bertz CT molecular complexity index is 410. The van der Waals surface area contributed by atoms with Crippen molar-refractivity contribution >= 4 is 35.0 Å². The molecule has 1 N–H and O–H groups in total. The Morgan fingerprint density at radius 2 is 2.18 bits per heavy atom. The van der Waals surface area contributed by atoms with Gasteiger partial charge >= 0.3 is 0 Å². The third kappa shape index (κ3) is 3.09. The molecular weight excluding hydrogens is 275 g/mol.